The molecule has 1 aliphatic heterocycles. The first-order valence-electron chi connectivity index (χ1n) is 5.97. The minimum Gasteiger partial charge on any atom is -0.310 e. The molecule has 0 aromatic heterocycles. The number of nitrogens with one attached hydrogen (secondary N) is 1. The lowest BCUT2D eigenvalue weighted by Gasteiger charge is -2.29. The van der Waals surface area contributed by atoms with Crippen molar-refractivity contribution in [3.05, 3.63) is 34.9 Å². The highest BCUT2D eigenvalue weighted by atomic mass is 14.9. The van der Waals surface area contributed by atoms with Gasteiger partial charge in [0.15, 0.2) is 0 Å². The monoisotopic (exact) mass is 203 g/mol. The van der Waals surface area contributed by atoms with E-state index in [0.29, 0.717) is 6.04 Å². The summed E-state index contributed by atoms with van der Waals surface area (Å²) in [6, 6.07) is 7.39. The average molecular weight is 203 g/mol. The van der Waals surface area contributed by atoms with Crippen LogP contribution >= 0.6 is 0 Å². The van der Waals surface area contributed by atoms with Crippen LogP contribution in [0.25, 0.3) is 0 Å². The summed E-state index contributed by atoms with van der Waals surface area (Å²) in [5.74, 6) is 0.840. The van der Waals surface area contributed by atoms with E-state index < -0.39 is 0 Å². The van der Waals surface area contributed by atoms with Gasteiger partial charge < -0.3 is 5.32 Å². The lowest BCUT2D eigenvalue weighted by atomic mass is 9.89. The van der Waals surface area contributed by atoms with Gasteiger partial charge in [0, 0.05) is 6.04 Å². The molecule has 0 aliphatic carbocycles. The third kappa shape index (κ3) is 2.40. The number of piperidine rings is 1. The first-order valence-corrected chi connectivity index (χ1v) is 5.97. The van der Waals surface area contributed by atoms with Crippen molar-refractivity contribution in [3.63, 3.8) is 0 Å². The van der Waals surface area contributed by atoms with Crippen LogP contribution in [-0.4, -0.2) is 6.54 Å². The Labute approximate surface area is 92.9 Å². The van der Waals surface area contributed by atoms with Crippen molar-refractivity contribution in [3.8, 4) is 0 Å². The van der Waals surface area contributed by atoms with E-state index in [1.807, 2.05) is 0 Å². The van der Waals surface area contributed by atoms with E-state index in [-0.39, 0.29) is 0 Å². The van der Waals surface area contributed by atoms with E-state index in [4.69, 9.17) is 0 Å². The van der Waals surface area contributed by atoms with Crippen LogP contribution in [0.4, 0.5) is 0 Å². The van der Waals surface area contributed by atoms with Crippen LogP contribution in [0.5, 0.6) is 0 Å². The third-order valence-electron chi connectivity index (χ3n) is 3.46. The predicted octanol–water partition coefficient (Wildman–Crippen LogP) is 3.36. The molecule has 1 aromatic rings. The van der Waals surface area contributed by atoms with E-state index in [1.54, 1.807) is 0 Å². The summed E-state index contributed by atoms with van der Waals surface area (Å²) in [4.78, 5) is 0. The predicted molar refractivity (Wildman–Crippen MR) is 65.1 cm³/mol. The van der Waals surface area contributed by atoms with E-state index >= 15 is 0 Å². The molecule has 0 spiro atoms. The number of rotatable bonds is 1. The maximum atomic E-state index is 3.65. The number of hydrogen-bond acceptors (Lipinski definition) is 1. The lowest BCUT2D eigenvalue weighted by Crippen LogP contribution is -2.32. The van der Waals surface area contributed by atoms with Crippen LogP contribution in [0.1, 0.15) is 42.5 Å². The van der Waals surface area contributed by atoms with E-state index in [2.05, 4.69) is 44.3 Å². The molecule has 1 heteroatoms. The summed E-state index contributed by atoms with van der Waals surface area (Å²) < 4.78 is 0. The normalized spacial score (nSPS) is 26.6. The summed E-state index contributed by atoms with van der Waals surface area (Å²) in [7, 11) is 0. The molecule has 1 heterocycles. The van der Waals surface area contributed by atoms with Crippen molar-refractivity contribution in [2.45, 2.75) is 39.7 Å². The van der Waals surface area contributed by atoms with Gasteiger partial charge in [0.25, 0.3) is 0 Å². The van der Waals surface area contributed by atoms with E-state index in [1.165, 1.54) is 29.5 Å². The lowest BCUT2D eigenvalue weighted by molar-refractivity contribution is 0.332. The Hall–Kier alpha value is -0.820. The topological polar surface area (TPSA) is 12.0 Å². The molecule has 2 rings (SSSR count). The SMILES string of the molecule is Cc1ccc(C2CCC(C)CN2)c(C)c1. The van der Waals surface area contributed by atoms with Crippen molar-refractivity contribution in [2.24, 2.45) is 5.92 Å². The van der Waals surface area contributed by atoms with Gasteiger partial charge in [-0.1, -0.05) is 30.7 Å². The van der Waals surface area contributed by atoms with Gasteiger partial charge in [-0.2, -0.15) is 0 Å². The van der Waals surface area contributed by atoms with E-state index in [9.17, 15) is 0 Å². The largest absolute Gasteiger partial charge is 0.310 e. The zero-order chi connectivity index (χ0) is 10.8. The smallest absolute Gasteiger partial charge is 0.0323 e. The van der Waals surface area contributed by atoms with E-state index in [0.717, 1.165) is 12.5 Å². The molecular formula is C14H21N. The Bertz CT molecular complexity index is 335. The fourth-order valence-electron chi connectivity index (χ4n) is 2.48. The molecular weight excluding hydrogens is 182 g/mol. The molecule has 0 radical (unpaired) electrons. The van der Waals surface area contributed by atoms with Gasteiger partial charge in [-0.3, -0.25) is 0 Å². The molecule has 1 aromatic carbocycles. The summed E-state index contributed by atoms with van der Waals surface area (Å²) in [5, 5.41) is 3.65. The maximum Gasteiger partial charge on any atom is 0.0323 e. The zero-order valence-corrected chi connectivity index (χ0v) is 10.0. The fraction of sp³-hybridized carbons (Fsp3) is 0.571. The second-order valence-corrected chi connectivity index (χ2v) is 5.00. The van der Waals surface area contributed by atoms with Gasteiger partial charge >= 0.3 is 0 Å². The molecule has 2 unspecified atom stereocenters. The summed E-state index contributed by atoms with van der Waals surface area (Å²) >= 11 is 0. The summed E-state index contributed by atoms with van der Waals surface area (Å²) in [6.07, 6.45) is 2.63. The number of hydrogen-bond donors (Lipinski definition) is 1. The molecule has 0 saturated carbocycles. The molecule has 1 N–H and O–H groups in total. The van der Waals surface area contributed by atoms with Gasteiger partial charge in [0.2, 0.25) is 0 Å². The van der Waals surface area contributed by atoms with Crippen molar-refractivity contribution >= 4 is 0 Å². The second kappa shape index (κ2) is 4.36. The number of benzene rings is 1. The summed E-state index contributed by atoms with van der Waals surface area (Å²) in [6.45, 7) is 7.87. The molecule has 2 atom stereocenters. The Kier molecular flexibility index (Phi) is 3.11. The number of aryl methyl sites for hydroxylation is 2. The molecule has 0 amide bonds. The minimum atomic E-state index is 0.585. The van der Waals surface area contributed by atoms with Gasteiger partial charge in [-0.05, 0) is 50.3 Å². The Morgan fingerprint density at radius 2 is 2.00 bits per heavy atom. The zero-order valence-electron chi connectivity index (χ0n) is 10.0. The molecule has 1 aliphatic rings. The average Bonchev–Trinajstić information content (AvgIpc) is 2.20. The van der Waals surface area contributed by atoms with Crippen LogP contribution < -0.4 is 5.32 Å². The highest BCUT2D eigenvalue weighted by Crippen LogP contribution is 2.27. The van der Waals surface area contributed by atoms with Crippen LogP contribution in [0.3, 0.4) is 0 Å². The first kappa shape index (κ1) is 10.7. The quantitative estimate of drug-likeness (QED) is 0.738. The Morgan fingerprint density at radius 3 is 2.60 bits per heavy atom. The Balaban J connectivity index is 2.15. The van der Waals surface area contributed by atoms with Crippen LogP contribution in [0.2, 0.25) is 0 Å². The highest BCUT2D eigenvalue weighted by Gasteiger charge is 2.19. The molecule has 1 saturated heterocycles. The maximum absolute atomic E-state index is 3.65. The molecule has 82 valence electrons. The molecule has 0 bridgehead atoms. The van der Waals surface area contributed by atoms with Gasteiger partial charge in [-0.25, -0.2) is 0 Å². The second-order valence-electron chi connectivity index (χ2n) is 5.00. The molecule has 1 fully saturated rings. The minimum absolute atomic E-state index is 0.585. The van der Waals surface area contributed by atoms with Crippen LogP contribution in [0, 0.1) is 19.8 Å². The van der Waals surface area contributed by atoms with Gasteiger partial charge in [-0.15, -0.1) is 0 Å². The third-order valence-corrected chi connectivity index (χ3v) is 3.46. The molecule has 1 nitrogen and oxygen atoms in total. The Morgan fingerprint density at radius 1 is 1.20 bits per heavy atom. The van der Waals surface area contributed by atoms with Crippen LogP contribution in [0.15, 0.2) is 18.2 Å². The first-order chi connectivity index (χ1) is 7.16. The van der Waals surface area contributed by atoms with Crippen LogP contribution in [-0.2, 0) is 0 Å². The van der Waals surface area contributed by atoms with Crippen molar-refractivity contribution in [2.75, 3.05) is 6.54 Å². The van der Waals surface area contributed by atoms with Crippen molar-refractivity contribution in [1.29, 1.82) is 0 Å². The standard InChI is InChI=1S/C14H21N/c1-10-4-6-13(12(3)8-10)14-7-5-11(2)9-15-14/h4,6,8,11,14-15H,5,7,9H2,1-3H3. The fourth-order valence-corrected chi connectivity index (χ4v) is 2.48. The highest BCUT2D eigenvalue weighted by molar-refractivity contribution is 5.33. The van der Waals surface area contributed by atoms with Gasteiger partial charge in [0.05, 0.1) is 0 Å². The molecule has 15 heavy (non-hydrogen) atoms. The summed E-state index contributed by atoms with van der Waals surface area (Å²) in [5.41, 5.74) is 4.29. The van der Waals surface area contributed by atoms with Crippen molar-refractivity contribution < 1.29 is 0 Å². The van der Waals surface area contributed by atoms with Gasteiger partial charge in [0.1, 0.15) is 0 Å². The van der Waals surface area contributed by atoms with Crippen molar-refractivity contribution in [1.82, 2.24) is 5.32 Å².